The minimum atomic E-state index is 0.672. The number of hydrogen-bond donors (Lipinski definition) is 1. The third kappa shape index (κ3) is 6.85. The maximum absolute atomic E-state index is 5.83. The summed E-state index contributed by atoms with van der Waals surface area (Å²) >= 11 is 0. The van der Waals surface area contributed by atoms with Gasteiger partial charge in [-0.1, -0.05) is 26.8 Å². The average Bonchev–Trinajstić information content (AvgIpc) is 2.50. The van der Waals surface area contributed by atoms with Crippen molar-refractivity contribution in [2.75, 3.05) is 19.8 Å². The van der Waals surface area contributed by atoms with Crippen molar-refractivity contribution in [3.05, 3.63) is 23.8 Å². The molecule has 2 N–H and O–H groups in total. The Bertz CT molecular complexity index is 393. The van der Waals surface area contributed by atoms with Crippen LogP contribution < -0.4 is 15.2 Å². The fourth-order valence-corrected chi connectivity index (χ4v) is 2.21. The molecule has 0 aromatic heterocycles. The van der Waals surface area contributed by atoms with E-state index in [1.165, 1.54) is 12.0 Å². The minimum absolute atomic E-state index is 0.672. The Morgan fingerprint density at radius 3 is 2.29 bits per heavy atom. The highest BCUT2D eigenvalue weighted by molar-refractivity contribution is 5.43. The Morgan fingerprint density at radius 1 is 1.00 bits per heavy atom. The molecule has 0 spiro atoms. The second kappa shape index (κ2) is 10.5. The zero-order valence-corrected chi connectivity index (χ0v) is 13.9. The fraction of sp³-hybridized carbons (Fsp3) is 0.667. The highest BCUT2D eigenvalue weighted by Crippen LogP contribution is 2.29. The Balaban J connectivity index is 2.68. The fourth-order valence-electron chi connectivity index (χ4n) is 2.21. The first-order valence-corrected chi connectivity index (χ1v) is 8.29. The van der Waals surface area contributed by atoms with Gasteiger partial charge in [-0.05, 0) is 62.3 Å². The van der Waals surface area contributed by atoms with E-state index in [1.807, 2.05) is 6.07 Å². The zero-order chi connectivity index (χ0) is 15.5. The van der Waals surface area contributed by atoms with Crippen molar-refractivity contribution in [2.24, 2.45) is 11.7 Å². The summed E-state index contributed by atoms with van der Waals surface area (Å²) in [5.41, 5.74) is 6.92. The summed E-state index contributed by atoms with van der Waals surface area (Å²) < 4.78 is 11.6. The van der Waals surface area contributed by atoms with Gasteiger partial charge < -0.3 is 15.2 Å². The van der Waals surface area contributed by atoms with Gasteiger partial charge in [-0.2, -0.15) is 0 Å². The van der Waals surface area contributed by atoms with Crippen LogP contribution in [-0.2, 0) is 6.42 Å². The van der Waals surface area contributed by atoms with E-state index in [0.717, 1.165) is 56.9 Å². The molecule has 1 unspecified atom stereocenters. The van der Waals surface area contributed by atoms with Crippen molar-refractivity contribution in [3.63, 3.8) is 0 Å². The van der Waals surface area contributed by atoms with Gasteiger partial charge in [-0.15, -0.1) is 0 Å². The predicted octanol–water partition coefficient (Wildman–Crippen LogP) is 4.18. The van der Waals surface area contributed by atoms with E-state index >= 15 is 0 Å². The van der Waals surface area contributed by atoms with Gasteiger partial charge in [0.25, 0.3) is 0 Å². The maximum atomic E-state index is 5.83. The standard InChI is InChI=1S/C18H31NO2/c1-4-12-20-17-9-8-16(7-6-15(3)10-11-19)14-18(17)21-13-5-2/h8-9,14-15H,4-7,10-13,19H2,1-3H3. The van der Waals surface area contributed by atoms with E-state index in [4.69, 9.17) is 15.2 Å². The number of nitrogens with two attached hydrogens (primary N) is 1. The van der Waals surface area contributed by atoms with Crippen LogP contribution in [0.1, 0.15) is 52.0 Å². The number of rotatable bonds is 11. The molecule has 1 aromatic rings. The molecule has 0 saturated carbocycles. The normalized spacial score (nSPS) is 12.2. The summed E-state index contributed by atoms with van der Waals surface area (Å²) in [5.74, 6) is 2.42. The molecule has 0 aliphatic rings. The van der Waals surface area contributed by atoms with Crippen molar-refractivity contribution < 1.29 is 9.47 Å². The second-order valence-corrected chi connectivity index (χ2v) is 5.70. The molecule has 0 amide bonds. The first-order chi connectivity index (χ1) is 10.2. The van der Waals surface area contributed by atoms with E-state index in [9.17, 15) is 0 Å². The first kappa shape index (κ1) is 17.8. The van der Waals surface area contributed by atoms with Crippen LogP contribution in [0.3, 0.4) is 0 Å². The van der Waals surface area contributed by atoms with Crippen molar-refractivity contribution in [1.82, 2.24) is 0 Å². The highest BCUT2D eigenvalue weighted by Gasteiger charge is 2.08. The Kier molecular flexibility index (Phi) is 8.91. The summed E-state index contributed by atoms with van der Waals surface area (Å²) in [6.45, 7) is 8.73. The van der Waals surface area contributed by atoms with Gasteiger partial charge in [0.1, 0.15) is 0 Å². The molecule has 0 saturated heterocycles. The lowest BCUT2D eigenvalue weighted by Gasteiger charge is -2.14. The Labute approximate surface area is 129 Å². The van der Waals surface area contributed by atoms with Gasteiger partial charge in [0.15, 0.2) is 11.5 Å². The van der Waals surface area contributed by atoms with Crippen LogP contribution in [0.2, 0.25) is 0 Å². The molecule has 1 atom stereocenters. The molecule has 21 heavy (non-hydrogen) atoms. The van der Waals surface area contributed by atoms with Gasteiger partial charge in [-0.25, -0.2) is 0 Å². The lowest BCUT2D eigenvalue weighted by Crippen LogP contribution is -2.07. The smallest absolute Gasteiger partial charge is 0.161 e. The van der Waals surface area contributed by atoms with Crippen LogP contribution in [-0.4, -0.2) is 19.8 Å². The monoisotopic (exact) mass is 293 g/mol. The van der Waals surface area contributed by atoms with Crippen LogP contribution in [0.4, 0.5) is 0 Å². The molecule has 1 rings (SSSR count). The van der Waals surface area contributed by atoms with Crippen LogP contribution in [0.5, 0.6) is 11.5 Å². The first-order valence-electron chi connectivity index (χ1n) is 8.29. The third-order valence-corrected chi connectivity index (χ3v) is 3.52. The molecule has 120 valence electrons. The van der Waals surface area contributed by atoms with Crippen LogP contribution in [0, 0.1) is 5.92 Å². The minimum Gasteiger partial charge on any atom is -0.490 e. The largest absolute Gasteiger partial charge is 0.490 e. The highest BCUT2D eigenvalue weighted by atomic mass is 16.5. The van der Waals surface area contributed by atoms with Gasteiger partial charge in [0.05, 0.1) is 13.2 Å². The molecule has 0 fully saturated rings. The Morgan fingerprint density at radius 2 is 1.67 bits per heavy atom. The van der Waals surface area contributed by atoms with E-state index in [-0.39, 0.29) is 0 Å². The Hall–Kier alpha value is -1.22. The molecule has 0 bridgehead atoms. The topological polar surface area (TPSA) is 44.5 Å². The van der Waals surface area contributed by atoms with Crippen molar-refractivity contribution >= 4 is 0 Å². The molecule has 0 radical (unpaired) electrons. The summed E-state index contributed by atoms with van der Waals surface area (Å²) in [7, 11) is 0. The molecular weight excluding hydrogens is 262 g/mol. The third-order valence-electron chi connectivity index (χ3n) is 3.52. The second-order valence-electron chi connectivity index (χ2n) is 5.70. The van der Waals surface area contributed by atoms with Crippen molar-refractivity contribution in [3.8, 4) is 11.5 Å². The van der Waals surface area contributed by atoms with Gasteiger partial charge in [0, 0.05) is 0 Å². The molecule has 1 aromatic carbocycles. The summed E-state index contributed by atoms with van der Waals surface area (Å²) in [5, 5.41) is 0. The van der Waals surface area contributed by atoms with Crippen molar-refractivity contribution in [2.45, 2.75) is 52.9 Å². The molecule has 0 heterocycles. The lowest BCUT2D eigenvalue weighted by atomic mass is 9.98. The van der Waals surface area contributed by atoms with Crippen LogP contribution in [0.25, 0.3) is 0 Å². The summed E-state index contributed by atoms with van der Waals surface area (Å²) in [6.07, 6.45) is 5.34. The van der Waals surface area contributed by atoms with Gasteiger partial charge in [-0.3, -0.25) is 0 Å². The predicted molar refractivity (Wildman–Crippen MR) is 89.2 cm³/mol. The molecule has 0 aliphatic carbocycles. The van der Waals surface area contributed by atoms with Crippen LogP contribution in [0.15, 0.2) is 18.2 Å². The van der Waals surface area contributed by atoms with E-state index in [1.54, 1.807) is 0 Å². The molecule has 3 heteroatoms. The van der Waals surface area contributed by atoms with Gasteiger partial charge >= 0.3 is 0 Å². The van der Waals surface area contributed by atoms with Crippen LogP contribution >= 0.6 is 0 Å². The number of hydrogen-bond acceptors (Lipinski definition) is 3. The number of benzene rings is 1. The number of aryl methyl sites for hydroxylation is 1. The number of ether oxygens (including phenoxy) is 2. The molecule has 0 aliphatic heterocycles. The van der Waals surface area contributed by atoms with E-state index in [0.29, 0.717) is 5.92 Å². The quantitative estimate of drug-likeness (QED) is 0.665. The lowest BCUT2D eigenvalue weighted by molar-refractivity contribution is 0.268. The molecular formula is C18H31NO2. The summed E-state index contributed by atoms with van der Waals surface area (Å²) in [4.78, 5) is 0. The average molecular weight is 293 g/mol. The van der Waals surface area contributed by atoms with E-state index < -0.39 is 0 Å². The van der Waals surface area contributed by atoms with Gasteiger partial charge in [0.2, 0.25) is 0 Å². The summed E-state index contributed by atoms with van der Waals surface area (Å²) in [6, 6.07) is 6.33. The maximum Gasteiger partial charge on any atom is 0.161 e. The zero-order valence-electron chi connectivity index (χ0n) is 13.9. The van der Waals surface area contributed by atoms with Crippen molar-refractivity contribution in [1.29, 1.82) is 0 Å². The molecule has 3 nitrogen and oxygen atoms in total. The SMILES string of the molecule is CCCOc1ccc(CCC(C)CCN)cc1OCCC. The van der Waals surface area contributed by atoms with E-state index in [2.05, 4.69) is 32.9 Å².